The third-order valence-corrected chi connectivity index (χ3v) is 2.33. The molecule has 0 bridgehead atoms. The maximum absolute atomic E-state index is 11.9. The van der Waals surface area contributed by atoms with Gasteiger partial charge in [0, 0.05) is 12.1 Å². The van der Waals surface area contributed by atoms with Crippen molar-refractivity contribution in [2.24, 2.45) is 0 Å². The van der Waals surface area contributed by atoms with Crippen LogP contribution in [0.25, 0.3) is 0 Å². The van der Waals surface area contributed by atoms with Gasteiger partial charge in [-0.2, -0.15) is 0 Å². The Kier molecular flexibility index (Phi) is 2.78. The second-order valence-corrected chi connectivity index (χ2v) is 3.26. The number of rotatable bonds is 2. The Balaban J connectivity index is 2.18. The highest BCUT2D eigenvalue weighted by atomic mass is 16.5. The molecule has 1 amide bonds. The monoisotopic (exact) mass is 205 g/mol. The van der Waals surface area contributed by atoms with E-state index in [0.29, 0.717) is 25.0 Å². The van der Waals surface area contributed by atoms with Crippen molar-refractivity contribution in [1.82, 2.24) is 4.90 Å². The van der Waals surface area contributed by atoms with Gasteiger partial charge in [0.05, 0.1) is 6.61 Å². The first-order valence-corrected chi connectivity index (χ1v) is 4.76. The van der Waals surface area contributed by atoms with Crippen molar-refractivity contribution < 1.29 is 14.3 Å². The highest BCUT2D eigenvalue weighted by molar-refractivity contribution is 5.95. The van der Waals surface area contributed by atoms with Gasteiger partial charge in [0.1, 0.15) is 0 Å². The van der Waals surface area contributed by atoms with Gasteiger partial charge in [0.15, 0.2) is 12.5 Å². The van der Waals surface area contributed by atoms with Crippen molar-refractivity contribution in [3.05, 3.63) is 35.9 Å². The Labute approximate surface area is 87.4 Å². The summed E-state index contributed by atoms with van der Waals surface area (Å²) in [5, 5.41) is 0. The van der Waals surface area contributed by atoms with Crippen LogP contribution in [0.15, 0.2) is 30.3 Å². The molecule has 78 valence electrons. The zero-order chi connectivity index (χ0) is 10.7. The second kappa shape index (κ2) is 4.23. The van der Waals surface area contributed by atoms with Crippen LogP contribution < -0.4 is 0 Å². The Morgan fingerprint density at radius 1 is 1.40 bits per heavy atom. The zero-order valence-corrected chi connectivity index (χ0v) is 8.13. The van der Waals surface area contributed by atoms with Gasteiger partial charge in [0.2, 0.25) is 0 Å². The fraction of sp³-hybridized carbons (Fsp3) is 0.273. The van der Waals surface area contributed by atoms with E-state index < -0.39 is 6.23 Å². The zero-order valence-electron chi connectivity index (χ0n) is 8.13. The fourth-order valence-corrected chi connectivity index (χ4v) is 1.57. The SMILES string of the molecule is O=CC1OCCN1C(=O)c1ccccc1. The van der Waals surface area contributed by atoms with Crippen molar-refractivity contribution in [3.8, 4) is 0 Å². The summed E-state index contributed by atoms with van der Waals surface area (Å²) < 4.78 is 5.09. The van der Waals surface area contributed by atoms with E-state index in [1.807, 2.05) is 6.07 Å². The third-order valence-electron chi connectivity index (χ3n) is 2.33. The molecule has 1 aliphatic heterocycles. The Bertz CT molecular complexity index is 363. The minimum atomic E-state index is -0.724. The summed E-state index contributed by atoms with van der Waals surface area (Å²) in [7, 11) is 0. The number of carbonyl (C=O) groups excluding carboxylic acids is 2. The van der Waals surface area contributed by atoms with Crippen LogP contribution >= 0.6 is 0 Å². The summed E-state index contributed by atoms with van der Waals surface area (Å²) in [5.74, 6) is -0.162. The van der Waals surface area contributed by atoms with Gasteiger partial charge >= 0.3 is 0 Å². The van der Waals surface area contributed by atoms with E-state index in [4.69, 9.17) is 4.74 Å². The van der Waals surface area contributed by atoms with Crippen molar-refractivity contribution >= 4 is 12.2 Å². The molecule has 1 unspecified atom stereocenters. The van der Waals surface area contributed by atoms with E-state index in [2.05, 4.69) is 0 Å². The van der Waals surface area contributed by atoms with Crippen LogP contribution in [-0.2, 0) is 9.53 Å². The summed E-state index contributed by atoms with van der Waals surface area (Å²) in [4.78, 5) is 24.0. The Morgan fingerprint density at radius 2 is 2.13 bits per heavy atom. The highest BCUT2D eigenvalue weighted by Crippen LogP contribution is 2.12. The van der Waals surface area contributed by atoms with Gasteiger partial charge in [-0.05, 0) is 12.1 Å². The van der Waals surface area contributed by atoms with E-state index in [1.165, 1.54) is 4.90 Å². The largest absolute Gasteiger partial charge is 0.349 e. The molecule has 0 aliphatic carbocycles. The Morgan fingerprint density at radius 3 is 2.80 bits per heavy atom. The van der Waals surface area contributed by atoms with Crippen LogP contribution in [0.5, 0.6) is 0 Å². The molecule has 1 aromatic rings. The van der Waals surface area contributed by atoms with E-state index in [9.17, 15) is 9.59 Å². The molecular weight excluding hydrogens is 194 g/mol. The molecule has 1 saturated heterocycles. The molecule has 0 aromatic heterocycles. The lowest BCUT2D eigenvalue weighted by Crippen LogP contribution is -2.37. The topological polar surface area (TPSA) is 46.6 Å². The lowest BCUT2D eigenvalue weighted by molar-refractivity contribution is -0.120. The van der Waals surface area contributed by atoms with Crippen molar-refractivity contribution in [1.29, 1.82) is 0 Å². The average Bonchev–Trinajstić information content (AvgIpc) is 2.77. The number of ether oxygens (including phenoxy) is 1. The molecule has 0 N–H and O–H groups in total. The third kappa shape index (κ3) is 1.89. The molecule has 1 atom stereocenters. The minimum Gasteiger partial charge on any atom is -0.349 e. The van der Waals surface area contributed by atoms with Gasteiger partial charge in [-0.1, -0.05) is 18.2 Å². The maximum Gasteiger partial charge on any atom is 0.256 e. The molecule has 4 nitrogen and oxygen atoms in total. The number of benzene rings is 1. The van der Waals surface area contributed by atoms with E-state index >= 15 is 0 Å². The first-order valence-electron chi connectivity index (χ1n) is 4.76. The summed E-state index contributed by atoms with van der Waals surface area (Å²) in [6.45, 7) is 0.888. The molecule has 1 aromatic carbocycles. The number of hydrogen-bond donors (Lipinski definition) is 0. The summed E-state index contributed by atoms with van der Waals surface area (Å²) in [6.07, 6.45) is -0.0777. The Hall–Kier alpha value is -1.68. The lowest BCUT2D eigenvalue weighted by atomic mass is 10.2. The van der Waals surface area contributed by atoms with Crippen LogP contribution in [0.4, 0.5) is 0 Å². The number of hydrogen-bond acceptors (Lipinski definition) is 3. The van der Waals surface area contributed by atoms with Crippen LogP contribution in [-0.4, -0.2) is 36.5 Å². The number of amides is 1. The molecule has 15 heavy (non-hydrogen) atoms. The van der Waals surface area contributed by atoms with Gasteiger partial charge in [0.25, 0.3) is 5.91 Å². The maximum atomic E-state index is 11.9. The van der Waals surface area contributed by atoms with Crippen LogP contribution in [0.1, 0.15) is 10.4 Å². The quantitative estimate of drug-likeness (QED) is 0.667. The predicted octanol–water partition coefficient (Wildman–Crippen LogP) is 0.684. The lowest BCUT2D eigenvalue weighted by Gasteiger charge is -2.18. The first-order chi connectivity index (χ1) is 7.33. The smallest absolute Gasteiger partial charge is 0.256 e. The molecule has 1 heterocycles. The highest BCUT2D eigenvalue weighted by Gasteiger charge is 2.29. The number of aldehydes is 1. The first kappa shape index (κ1) is 9.86. The molecule has 2 rings (SSSR count). The molecule has 0 radical (unpaired) electrons. The van der Waals surface area contributed by atoms with E-state index in [0.717, 1.165) is 0 Å². The van der Waals surface area contributed by atoms with Crippen molar-refractivity contribution in [2.45, 2.75) is 6.23 Å². The van der Waals surface area contributed by atoms with Crippen LogP contribution in [0, 0.1) is 0 Å². The van der Waals surface area contributed by atoms with Gasteiger partial charge in [-0.3, -0.25) is 9.59 Å². The number of carbonyl (C=O) groups is 2. The van der Waals surface area contributed by atoms with Gasteiger partial charge < -0.3 is 9.64 Å². The molecule has 0 saturated carbocycles. The molecule has 1 fully saturated rings. The summed E-state index contributed by atoms with van der Waals surface area (Å²) >= 11 is 0. The summed E-state index contributed by atoms with van der Waals surface area (Å²) in [5.41, 5.74) is 0.579. The van der Waals surface area contributed by atoms with E-state index in [-0.39, 0.29) is 5.91 Å². The standard InChI is InChI=1S/C11H11NO3/c13-8-10-12(6-7-15-10)11(14)9-4-2-1-3-5-9/h1-5,8,10H,6-7H2. The average molecular weight is 205 g/mol. The molecule has 1 aliphatic rings. The van der Waals surface area contributed by atoms with Crippen molar-refractivity contribution in [2.75, 3.05) is 13.2 Å². The fourth-order valence-electron chi connectivity index (χ4n) is 1.57. The van der Waals surface area contributed by atoms with E-state index in [1.54, 1.807) is 24.3 Å². The minimum absolute atomic E-state index is 0.162. The molecule has 0 spiro atoms. The van der Waals surface area contributed by atoms with Crippen molar-refractivity contribution in [3.63, 3.8) is 0 Å². The van der Waals surface area contributed by atoms with Crippen LogP contribution in [0.2, 0.25) is 0 Å². The summed E-state index contributed by atoms with van der Waals surface area (Å²) in [6, 6.07) is 8.87. The molecule has 4 heteroatoms. The second-order valence-electron chi connectivity index (χ2n) is 3.26. The van der Waals surface area contributed by atoms with Gasteiger partial charge in [-0.15, -0.1) is 0 Å². The van der Waals surface area contributed by atoms with Gasteiger partial charge in [-0.25, -0.2) is 0 Å². The number of nitrogens with zero attached hydrogens (tertiary/aromatic N) is 1. The normalized spacial score (nSPS) is 20.3. The predicted molar refractivity (Wildman–Crippen MR) is 53.3 cm³/mol. The van der Waals surface area contributed by atoms with Crippen LogP contribution in [0.3, 0.4) is 0 Å². The molecular formula is C11H11NO3.